The topological polar surface area (TPSA) is 87.2 Å². The first-order valence-electron chi connectivity index (χ1n) is 6.98. The lowest BCUT2D eigenvalue weighted by Crippen LogP contribution is -2.40. The fourth-order valence-corrected chi connectivity index (χ4v) is 2.26. The van der Waals surface area contributed by atoms with Crippen molar-refractivity contribution in [1.29, 1.82) is 0 Å². The van der Waals surface area contributed by atoms with Gasteiger partial charge >= 0.3 is 0 Å². The standard InChI is InChI=1S/C14H21N5O2/c1-8-12(9(2)17-14(16-8)19(3)4)18-13(21)10-5-6-11(20)15-7-10/h10H,5-7H2,1-4H3,(H,15,20)(H,18,21). The number of rotatable bonds is 3. The van der Waals surface area contributed by atoms with Crippen LogP contribution in [0.2, 0.25) is 0 Å². The van der Waals surface area contributed by atoms with Gasteiger partial charge in [0.1, 0.15) is 0 Å². The highest BCUT2D eigenvalue weighted by molar-refractivity contribution is 5.95. The van der Waals surface area contributed by atoms with Gasteiger partial charge in [-0.3, -0.25) is 9.59 Å². The number of hydrogen-bond acceptors (Lipinski definition) is 5. The van der Waals surface area contributed by atoms with Crippen LogP contribution in [-0.2, 0) is 9.59 Å². The van der Waals surface area contributed by atoms with Crippen molar-refractivity contribution in [3.05, 3.63) is 11.4 Å². The van der Waals surface area contributed by atoms with E-state index in [2.05, 4.69) is 20.6 Å². The minimum Gasteiger partial charge on any atom is -0.355 e. The minimum absolute atomic E-state index is 0.00470. The van der Waals surface area contributed by atoms with E-state index in [0.717, 1.165) is 11.4 Å². The Balaban J connectivity index is 2.12. The van der Waals surface area contributed by atoms with E-state index in [9.17, 15) is 9.59 Å². The maximum Gasteiger partial charge on any atom is 0.229 e. The zero-order valence-electron chi connectivity index (χ0n) is 12.9. The Morgan fingerprint density at radius 2 is 1.90 bits per heavy atom. The molecule has 2 N–H and O–H groups in total. The van der Waals surface area contributed by atoms with Crippen molar-refractivity contribution < 1.29 is 9.59 Å². The van der Waals surface area contributed by atoms with Gasteiger partial charge in [-0.05, 0) is 20.3 Å². The zero-order chi connectivity index (χ0) is 15.6. The molecule has 1 fully saturated rings. The van der Waals surface area contributed by atoms with E-state index in [4.69, 9.17) is 0 Å². The van der Waals surface area contributed by atoms with Crippen LogP contribution in [0.1, 0.15) is 24.2 Å². The number of amides is 2. The van der Waals surface area contributed by atoms with E-state index >= 15 is 0 Å². The molecule has 0 aromatic carbocycles. The van der Waals surface area contributed by atoms with E-state index in [1.807, 2.05) is 32.8 Å². The number of nitrogens with one attached hydrogen (secondary N) is 2. The average Bonchev–Trinajstić information content (AvgIpc) is 2.43. The normalized spacial score (nSPS) is 18.1. The lowest BCUT2D eigenvalue weighted by atomic mass is 9.98. The summed E-state index contributed by atoms with van der Waals surface area (Å²) in [5.41, 5.74) is 2.13. The first kappa shape index (κ1) is 15.2. The van der Waals surface area contributed by atoms with Gasteiger partial charge in [0, 0.05) is 27.1 Å². The molecule has 1 aromatic rings. The SMILES string of the molecule is Cc1nc(N(C)C)nc(C)c1NC(=O)C1CCC(=O)NC1. The summed E-state index contributed by atoms with van der Waals surface area (Å²) in [7, 11) is 3.74. The highest BCUT2D eigenvalue weighted by Gasteiger charge is 2.25. The third kappa shape index (κ3) is 3.48. The van der Waals surface area contributed by atoms with Crippen LogP contribution in [0, 0.1) is 19.8 Å². The molecule has 1 unspecified atom stereocenters. The molecule has 1 aliphatic rings. The van der Waals surface area contributed by atoms with Crippen LogP contribution in [0.3, 0.4) is 0 Å². The summed E-state index contributed by atoms with van der Waals surface area (Å²) >= 11 is 0. The molecule has 0 radical (unpaired) electrons. The molecule has 1 atom stereocenters. The van der Waals surface area contributed by atoms with E-state index in [1.54, 1.807) is 0 Å². The van der Waals surface area contributed by atoms with Gasteiger partial charge in [-0.15, -0.1) is 0 Å². The van der Waals surface area contributed by atoms with Gasteiger partial charge in [0.2, 0.25) is 17.8 Å². The molecule has 0 bridgehead atoms. The van der Waals surface area contributed by atoms with Gasteiger partial charge in [-0.25, -0.2) is 9.97 Å². The minimum atomic E-state index is -0.199. The average molecular weight is 291 g/mol. The third-order valence-electron chi connectivity index (χ3n) is 3.54. The molecule has 0 saturated carbocycles. The molecule has 21 heavy (non-hydrogen) atoms. The maximum atomic E-state index is 12.3. The number of aromatic nitrogens is 2. The second-order valence-corrected chi connectivity index (χ2v) is 5.49. The monoisotopic (exact) mass is 291 g/mol. The second kappa shape index (κ2) is 6.07. The zero-order valence-corrected chi connectivity index (χ0v) is 12.9. The summed E-state index contributed by atoms with van der Waals surface area (Å²) in [6, 6.07) is 0. The molecule has 1 aliphatic heterocycles. The van der Waals surface area contributed by atoms with Crippen molar-refractivity contribution in [3.63, 3.8) is 0 Å². The van der Waals surface area contributed by atoms with Gasteiger partial charge in [-0.1, -0.05) is 0 Å². The second-order valence-electron chi connectivity index (χ2n) is 5.49. The Hall–Kier alpha value is -2.18. The van der Waals surface area contributed by atoms with E-state index in [-0.39, 0.29) is 17.7 Å². The molecule has 1 saturated heterocycles. The number of piperidine rings is 1. The number of nitrogens with zero attached hydrogens (tertiary/aromatic N) is 3. The molecule has 0 aliphatic carbocycles. The third-order valence-corrected chi connectivity index (χ3v) is 3.54. The molecule has 2 amide bonds. The Labute approximate surface area is 124 Å². The van der Waals surface area contributed by atoms with Gasteiger partial charge < -0.3 is 15.5 Å². The van der Waals surface area contributed by atoms with Gasteiger partial charge in [-0.2, -0.15) is 0 Å². The Morgan fingerprint density at radius 1 is 1.29 bits per heavy atom. The van der Waals surface area contributed by atoms with Crippen molar-refractivity contribution in [2.45, 2.75) is 26.7 Å². The van der Waals surface area contributed by atoms with Crippen molar-refractivity contribution in [2.24, 2.45) is 5.92 Å². The predicted octanol–water partition coefficient (Wildman–Crippen LogP) is 0.624. The molecule has 7 heteroatoms. The largest absolute Gasteiger partial charge is 0.355 e. The van der Waals surface area contributed by atoms with Crippen molar-refractivity contribution in [1.82, 2.24) is 15.3 Å². The first-order valence-corrected chi connectivity index (χ1v) is 6.98. The Bertz CT molecular complexity index is 537. The summed E-state index contributed by atoms with van der Waals surface area (Å²) in [6.45, 7) is 4.08. The molecule has 7 nitrogen and oxygen atoms in total. The van der Waals surface area contributed by atoms with E-state index < -0.39 is 0 Å². The van der Waals surface area contributed by atoms with Crippen molar-refractivity contribution in [3.8, 4) is 0 Å². The smallest absolute Gasteiger partial charge is 0.229 e. The highest BCUT2D eigenvalue weighted by atomic mass is 16.2. The highest BCUT2D eigenvalue weighted by Crippen LogP contribution is 2.21. The molecule has 114 valence electrons. The summed E-state index contributed by atoms with van der Waals surface area (Å²) in [6.07, 6.45) is 0.971. The summed E-state index contributed by atoms with van der Waals surface area (Å²) < 4.78 is 0. The molecular weight excluding hydrogens is 270 g/mol. The quantitative estimate of drug-likeness (QED) is 0.852. The molecule has 2 rings (SSSR count). The first-order chi connectivity index (χ1) is 9.88. The van der Waals surface area contributed by atoms with Gasteiger partial charge in [0.05, 0.1) is 23.0 Å². The number of anilines is 2. The fraction of sp³-hybridized carbons (Fsp3) is 0.571. The maximum absolute atomic E-state index is 12.3. The predicted molar refractivity (Wildman–Crippen MR) is 80.2 cm³/mol. The number of carbonyl (C=O) groups is 2. The molecular formula is C14H21N5O2. The van der Waals surface area contributed by atoms with E-state index in [1.165, 1.54) is 0 Å². The fourth-order valence-electron chi connectivity index (χ4n) is 2.26. The van der Waals surface area contributed by atoms with Crippen LogP contribution in [0.4, 0.5) is 11.6 Å². The van der Waals surface area contributed by atoms with E-state index in [0.29, 0.717) is 31.0 Å². The summed E-state index contributed by atoms with van der Waals surface area (Å²) in [5, 5.41) is 5.61. The lowest BCUT2D eigenvalue weighted by molar-refractivity contribution is -0.126. The van der Waals surface area contributed by atoms with Crippen LogP contribution in [0.25, 0.3) is 0 Å². The molecule has 1 aromatic heterocycles. The summed E-state index contributed by atoms with van der Waals surface area (Å²) in [5.74, 6) is 0.329. The Morgan fingerprint density at radius 3 is 2.38 bits per heavy atom. The molecule has 2 heterocycles. The van der Waals surface area contributed by atoms with Crippen LogP contribution in [0.15, 0.2) is 0 Å². The molecule has 0 spiro atoms. The van der Waals surface area contributed by atoms with Gasteiger partial charge in [0.15, 0.2) is 0 Å². The van der Waals surface area contributed by atoms with Crippen LogP contribution in [0.5, 0.6) is 0 Å². The Kier molecular flexibility index (Phi) is 4.40. The van der Waals surface area contributed by atoms with Crippen molar-refractivity contribution in [2.75, 3.05) is 30.9 Å². The van der Waals surface area contributed by atoms with Crippen LogP contribution >= 0.6 is 0 Å². The lowest BCUT2D eigenvalue weighted by Gasteiger charge is -2.22. The number of carbonyl (C=O) groups excluding carboxylic acids is 2. The van der Waals surface area contributed by atoms with Crippen LogP contribution in [-0.4, -0.2) is 42.4 Å². The summed E-state index contributed by atoms with van der Waals surface area (Å²) in [4.78, 5) is 34.0. The van der Waals surface area contributed by atoms with Crippen LogP contribution < -0.4 is 15.5 Å². The van der Waals surface area contributed by atoms with Gasteiger partial charge in [0.25, 0.3) is 0 Å². The van der Waals surface area contributed by atoms with Crippen molar-refractivity contribution >= 4 is 23.5 Å². The number of hydrogen-bond donors (Lipinski definition) is 2. The number of aryl methyl sites for hydroxylation is 2.